The van der Waals surface area contributed by atoms with Gasteiger partial charge in [-0.1, -0.05) is 0 Å². The molecule has 0 saturated carbocycles. The Bertz CT molecular complexity index is 571. The summed E-state index contributed by atoms with van der Waals surface area (Å²) >= 11 is 0. The Labute approximate surface area is 101 Å². The smallest absolute Gasteiger partial charge is 0.120 e. The molecule has 3 heteroatoms. The SMILES string of the molecule is COc1ccc2c3c(n(C)c2c1)C(N)CCC3. The van der Waals surface area contributed by atoms with Crippen molar-refractivity contribution >= 4 is 10.9 Å². The molecular formula is C14H18N2O. The van der Waals surface area contributed by atoms with E-state index in [1.807, 2.05) is 6.07 Å². The summed E-state index contributed by atoms with van der Waals surface area (Å²) in [5.41, 5.74) is 10.2. The fourth-order valence-electron chi connectivity index (χ4n) is 3.01. The lowest BCUT2D eigenvalue weighted by Gasteiger charge is -2.20. The number of hydrogen-bond donors (Lipinski definition) is 1. The highest BCUT2D eigenvalue weighted by molar-refractivity contribution is 5.87. The lowest BCUT2D eigenvalue weighted by Crippen LogP contribution is -2.19. The maximum atomic E-state index is 6.23. The molecule has 0 radical (unpaired) electrons. The molecule has 1 aliphatic rings. The predicted octanol–water partition coefficient (Wildman–Crippen LogP) is 2.52. The lowest BCUT2D eigenvalue weighted by atomic mass is 9.92. The first-order valence-electron chi connectivity index (χ1n) is 6.13. The maximum Gasteiger partial charge on any atom is 0.120 e. The number of benzene rings is 1. The van der Waals surface area contributed by atoms with E-state index in [2.05, 4.69) is 23.7 Å². The Kier molecular flexibility index (Phi) is 2.37. The van der Waals surface area contributed by atoms with E-state index in [0.717, 1.165) is 18.6 Å². The molecule has 1 aliphatic carbocycles. The molecule has 0 aliphatic heterocycles. The maximum absolute atomic E-state index is 6.23. The highest BCUT2D eigenvalue weighted by Crippen LogP contribution is 2.36. The van der Waals surface area contributed by atoms with Crippen LogP contribution in [0.15, 0.2) is 18.2 Å². The third-order valence-electron chi connectivity index (χ3n) is 3.86. The van der Waals surface area contributed by atoms with Crippen LogP contribution in [-0.2, 0) is 13.5 Å². The van der Waals surface area contributed by atoms with Crippen molar-refractivity contribution in [3.63, 3.8) is 0 Å². The van der Waals surface area contributed by atoms with E-state index in [0.29, 0.717) is 0 Å². The van der Waals surface area contributed by atoms with Crippen molar-refractivity contribution in [3.8, 4) is 5.75 Å². The lowest BCUT2D eigenvalue weighted by molar-refractivity contribution is 0.415. The van der Waals surface area contributed by atoms with E-state index in [4.69, 9.17) is 10.5 Å². The third-order valence-corrected chi connectivity index (χ3v) is 3.86. The van der Waals surface area contributed by atoms with Crippen LogP contribution < -0.4 is 10.5 Å². The average molecular weight is 230 g/mol. The van der Waals surface area contributed by atoms with Crippen LogP contribution in [0.2, 0.25) is 0 Å². The number of nitrogens with two attached hydrogens (primary N) is 1. The highest BCUT2D eigenvalue weighted by Gasteiger charge is 2.23. The second-order valence-electron chi connectivity index (χ2n) is 4.80. The molecule has 17 heavy (non-hydrogen) atoms. The number of hydrogen-bond acceptors (Lipinski definition) is 2. The summed E-state index contributed by atoms with van der Waals surface area (Å²) in [5.74, 6) is 0.906. The minimum atomic E-state index is 0.183. The number of nitrogens with zero attached hydrogens (tertiary/aromatic N) is 1. The Morgan fingerprint density at radius 3 is 3.00 bits per heavy atom. The fourth-order valence-corrected chi connectivity index (χ4v) is 3.01. The molecule has 1 aromatic carbocycles. The van der Waals surface area contributed by atoms with Crippen molar-refractivity contribution < 1.29 is 4.74 Å². The first-order chi connectivity index (χ1) is 8.22. The van der Waals surface area contributed by atoms with Crippen molar-refractivity contribution in [1.29, 1.82) is 0 Å². The molecular weight excluding hydrogens is 212 g/mol. The van der Waals surface area contributed by atoms with Crippen molar-refractivity contribution in [2.45, 2.75) is 25.3 Å². The van der Waals surface area contributed by atoms with Gasteiger partial charge in [0.15, 0.2) is 0 Å². The molecule has 0 spiro atoms. The van der Waals surface area contributed by atoms with Gasteiger partial charge in [0.25, 0.3) is 0 Å². The monoisotopic (exact) mass is 230 g/mol. The molecule has 1 unspecified atom stereocenters. The van der Waals surface area contributed by atoms with Gasteiger partial charge in [-0.15, -0.1) is 0 Å². The topological polar surface area (TPSA) is 40.2 Å². The van der Waals surface area contributed by atoms with Crippen molar-refractivity contribution in [2.24, 2.45) is 12.8 Å². The second kappa shape index (κ2) is 3.77. The van der Waals surface area contributed by atoms with Crippen LogP contribution >= 0.6 is 0 Å². The summed E-state index contributed by atoms with van der Waals surface area (Å²) in [4.78, 5) is 0. The van der Waals surface area contributed by atoms with Crippen LogP contribution in [0.5, 0.6) is 5.75 Å². The van der Waals surface area contributed by atoms with Gasteiger partial charge in [-0.3, -0.25) is 0 Å². The average Bonchev–Trinajstić information content (AvgIpc) is 2.64. The van der Waals surface area contributed by atoms with Crippen LogP contribution in [0.4, 0.5) is 0 Å². The zero-order chi connectivity index (χ0) is 12.0. The second-order valence-corrected chi connectivity index (χ2v) is 4.80. The third kappa shape index (κ3) is 1.46. The van der Waals surface area contributed by atoms with Gasteiger partial charge in [-0.05, 0) is 37.0 Å². The fraction of sp³-hybridized carbons (Fsp3) is 0.429. The highest BCUT2D eigenvalue weighted by atomic mass is 16.5. The normalized spacial score (nSPS) is 19.4. The zero-order valence-corrected chi connectivity index (χ0v) is 10.4. The van der Waals surface area contributed by atoms with Crippen LogP contribution in [0.25, 0.3) is 10.9 Å². The molecule has 0 saturated heterocycles. The Hall–Kier alpha value is -1.48. The standard InChI is InChI=1S/C14H18N2O/c1-16-13-8-9(17-2)6-7-10(13)11-4-3-5-12(15)14(11)16/h6-8,12H,3-5,15H2,1-2H3. The van der Waals surface area contributed by atoms with E-state index >= 15 is 0 Å². The molecule has 3 rings (SSSR count). The van der Waals surface area contributed by atoms with E-state index in [1.165, 1.54) is 28.6 Å². The van der Waals surface area contributed by atoms with Gasteiger partial charge in [0, 0.05) is 30.2 Å². The zero-order valence-electron chi connectivity index (χ0n) is 10.4. The Morgan fingerprint density at radius 1 is 1.41 bits per heavy atom. The molecule has 90 valence electrons. The predicted molar refractivity (Wildman–Crippen MR) is 69.3 cm³/mol. The first-order valence-corrected chi connectivity index (χ1v) is 6.13. The van der Waals surface area contributed by atoms with Crippen LogP contribution in [0.3, 0.4) is 0 Å². The van der Waals surface area contributed by atoms with Gasteiger partial charge in [-0.25, -0.2) is 0 Å². The minimum Gasteiger partial charge on any atom is -0.497 e. The molecule has 0 fully saturated rings. The summed E-state index contributed by atoms with van der Waals surface area (Å²) in [5, 5.41) is 1.33. The number of fused-ring (bicyclic) bond motifs is 3. The van der Waals surface area contributed by atoms with Gasteiger partial charge in [0.1, 0.15) is 5.75 Å². The summed E-state index contributed by atoms with van der Waals surface area (Å²) < 4.78 is 7.52. The largest absolute Gasteiger partial charge is 0.497 e. The van der Waals surface area contributed by atoms with E-state index in [9.17, 15) is 0 Å². The van der Waals surface area contributed by atoms with Gasteiger partial charge >= 0.3 is 0 Å². The van der Waals surface area contributed by atoms with E-state index in [-0.39, 0.29) is 6.04 Å². The first kappa shape index (κ1) is 10.7. The molecule has 0 bridgehead atoms. The van der Waals surface area contributed by atoms with Crippen molar-refractivity contribution in [3.05, 3.63) is 29.5 Å². The van der Waals surface area contributed by atoms with E-state index in [1.54, 1.807) is 7.11 Å². The molecule has 1 heterocycles. The molecule has 1 aromatic heterocycles. The molecule has 2 aromatic rings. The van der Waals surface area contributed by atoms with Gasteiger partial charge < -0.3 is 15.0 Å². The quantitative estimate of drug-likeness (QED) is 0.817. The van der Waals surface area contributed by atoms with Gasteiger partial charge in [0.05, 0.1) is 12.6 Å². The molecule has 1 atom stereocenters. The number of aryl methyl sites for hydroxylation is 2. The Balaban J connectivity index is 2.32. The number of aromatic nitrogens is 1. The van der Waals surface area contributed by atoms with Crippen molar-refractivity contribution in [1.82, 2.24) is 4.57 Å². The van der Waals surface area contributed by atoms with Crippen LogP contribution in [0, 0.1) is 0 Å². The molecule has 3 nitrogen and oxygen atoms in total. The van der Waals surface area contributed by atoms with Gasteiger partial charge in [0.2, 0.25) is 0 Å². The summed E-state index contributed by atoms with van der Waals surface area (Å²) in [6.07, 6.45) is 3.43. The summed E-state index contributed by atoms with van der Waals surface area (Å²) in [7, 11) is 3.81. The Morgan fingerprint density at radius 2 is 2.24 bits per heavy atom. The molecule has 0 amide bonds. The number of ether oxygens (including phenoxy) is 1. The summed E-state index contributed by atoms with van der Waals surface area (Å²) in [6, 6.07) is 6.47. The van der Waals surface area contributed by atoms with Crippen molar-refractivity contribution in [2.75, 3.05) is 7.11 Å². The number of methoxy groups -OCH3 is 1. The summed E-state index contributed by atoms with van der Waals surface area (Å²) in [6.45, 7) is 0. The van der Waals surface area contributed by atoms with E-state index < -0.39 is 0 Å². The minimum absolute atomic E-state index is 0.183. The number of rotatable bonds is 1. The van der Waals surface area contributed by atoms with Crippen LogP contribution in [0.1, 0.15) is 30.1 Å². The molecule has 2 N–H and O–H groups in total. The van der Waals surface area contributed by atoms with Gasteiger partial charge in [-0.2, -0.15) is 0 Å². The van der Waals surface area contributed by atoms with Crippen LogP contribution in [-0.4, -0.2) is 11.7 Å².